The molecule has 1 aromatic carbocycles. The van der Waals surface area contributed by atoms with Crippen LogP contribution in [0.3, 0.4) is 0 Å². The maximum absolute atomic E-state index is 5.60. The molecule has 104 valence electrons. The normalized spacial score (nSPS) is 22.1. The van der Waals surface area contributed by atoms with Crippen molar-refractivity contribution in [2.75, 3.05) is 38.3 Å². The summed E-state index contributed by atoms with van der Waals surface area (Å²) >= 11 is 3.57. The van der Waals surface area contributed by atoms with Gasteiger partial charge in [0, 0.05) is 29.8 Å². The van der Waals surface area contributed by atoms with Gasteiger partial charge in [-0.1, -0.05) is 0 Å². The Bertz CT molecular complexity index is 447. The zero-order valence-electron chi connectivity index (χ0n) is 10.8. The van der Waals surface area contributed by atoms with E-state index in [0.29, 0.717) is 19.1 Å². The fraction of sp³-hybridized carbons (Fsp3) is 0.571. The van der Waals surface area contributed by atoms with E-state index in [9.17, 15) is 0 Å². The minimum atomic E-state index is 0.592. The van der Waals surface area contributed by atoms with Crippen molar-refractivity contribution in [2.24, 2.45) is 5.92 Å². The van der Waals surface area contributed by atoms with Gasteiger partial charge in [0.15, 0.2) is 11.5 Å². The summed E-state index contributed by atoms with van der Waals surface area (Å²) in [5, 5.41) is 3.47. The maximum atomic E-state index is 5.60. The van der Waals surface area contributed by atoms with Crippen molar-refractivity contribution < 1.29 is 14.2 Å². The molecule has 2 aliphatic heterocycles. The van der Waals surface area contributed by atoms with Crippen molar-refractivity contribution in [2.45, 2.75) is 12.8 Å². The molecule has 0 spiro atoms. The second kappa shape index (κ2) is 6.01. The van der Waals surface area contributed by atoms with Gasteiger partial charge in [-0.15, -0.1) is 0 Å². The van der Waals surface area contributed by atoms with E-state index < -0.39 is 0 Å². The highest BCUT2D eigenvalue weighted by atomic mass is 79.9. The van der Waals surface area contributed by atoms with Crippen LogP contribution in [0, 0.1) is 5.92 Å². The molecule has 0 amide bonds. The molecular weight excluding hydrogens is 310 g/mol. The van der Waals surface area contributed by atoms with E-state index in [-0.39, 0.29) is 0 Å². The first-order chi connectivity index (χ1) is 9.33. The van der Waals surface area contributed by atoms with E-state index in [4.69, 9.17) is 14.2 Å². The Morgan fingerprint density at radius 3 is 2.68 bits per heavy atom. The first-order valence-corrected chi connectivity index (χ1v) is 7.53. The molecule has 2 aliphatic rings. The minimum absolute atomic E-state index is 0.592. The minimum Gasteiger partial charge on any atom is -0.486 e. The molecule has 1 saturated heterocycles. The Labute approximate surface area is 121 Å². The summed E-state index contributed by atoms with van der Waals surface area (Å²) in [6.45, 7) is 3.92. The van der Waals surface area contributed by atoms with E-state index in [1.807, 2.05) is 12.1 Å². The SMILES string of the molecule is Brc1cc2c(cc1NCC1CCCOC1)OCCO2. The Morgan fingerprint density at radius 2 is 1.95 bits per heavy atom. The molecular formula is C14H18BrNO3. The van der Waals surface area contributed by atoms with Gasteiger partial charge in [-0.2, -0.15) is 0 Å². The molecule has 0 aromatic heterocycles. The van der Waals surface area contributed by atoms with Crippen LogP contribution in [0.2, 0.25) is 0 Å². The molecule has 3 rings (SSSR count). The van der Waals surface area contributed by atoms with Gasteiger partial charge in [-0.05, 0) is 34.7 Å². The van der Waals surface area contributed by atoms with E-state index in [0.717, 1.165) is 47.8 Å². The summed E-state index contributed by atoms with van der Waals surface area (Å²) in [6, 6.07) is 3.97. The summed E-state index contributed by atoms with van der Waals surface area (Å²) in [4.78, 5) is 0. The van der Waals surface area contributed by atoms with Gasteiger partial charge >= 0.3 is 0 Å². The summed E-state index contributed by atoms with van der Waals surface area (Å²) in [6.07, 6.45) is 2.39. The predicted molar refractivity (Wildman–Crippen MR) is 77.2 cm³/mol. The van der Waals surface area contributed by atoms with Crippen LogP contribution in [-0.4, -0.2) is 33.0 Å². The average molecular weight is 328 g/mol. The third kappa shape index (κ3) is 3.15. The van der Waals surface area contributed by atoms with Crippen LogP contribution >= 0.6 is 15.9 Å². The molecule has 0 bridgehead atoms. The quantitative estimate of drug-likeness (QED) is 0.926. The average Bonchev–Trinajstić information content (AvgIpc) is 2.46. The third-order valence-electron chi connectivity index (χ3n) is 3.47. The van der Waals surface area contributed by atoms with Gasteiger partial charge < -0.3 is 19.5 Å². The molecule has 1 atom stereocenters. The highest BCUT2D eigenvalue weighted by Gasteiger charge is 2.17. The van der Waals surface area contributed by atoms with Crippen molar-refractivity contribution in [3.8, 4) is 11.5 Å². The highest BCUT2D eigenvalue weighted by molar-refractivity contribution is 9.10. The van der Waals surface area contributed by atoms with E-state index in [1.165, 1.54) is 6.42 Å². The molecule has 0 aliphatic carbocycles. The van der Waals surface area contributed by atoms with Gasteiger partial charge in [0.1, 0.15) is 13.2 Å². The predicted octanol–water partition coefficient (Wildman–Crippen LogP) is 3.06. The molecule has 2 heterocycles. The van der Waals surface area contributed by atoms with Crippen molar-refractivity contribution >= 4 is 21.6 Å². The van der Waals surface area contributed by atoms with Gasteiger partial charge in [0.25, 0.3) is 0 Å². The van der Waals surface area contributed by atoms with Crippen LogP contribution in [0.4, 0.5) is 5.69 Å². The Hall–Kier alpha value is -0.940. The summed E-state index contributed by atoms with van der Waals surface area (Å²) in [7, 11) is 0. The first kappa shape index (κ1) is 13.1. The number of halogens is 1. The Balaban J connectivity index is 1.66. The number of rotatable bonds is 3. The molecule has 0 saturated carbocycles. The molecule has 19 heavy (non-hydrogen) atoms. The molecule has 1 aromatic rings. The number of hydrogen-bond donors (Lipinski definition) is 1. The number of nitrogens with one attached hydrogen (secondary N) is 1. The van der Waals surface area contributed by atoms with Crippen LogP contribution < -0.4 is 14.8 Å². The molecule has 5 heteroatoms. The fourth-order valence-corrected chi connectivity index (χ4v) is 2.88. The highest BCUT2D eigenvalue weighted by Crippen LogP contribution is 2.38. The molecule has 4 nitrogen and oxygen atoms in total. The molecule has 1 unspecified atom stereocenters. The lowest BCUT2D eigenvalue weighted by atomic mass is 10.0. The standard InChI is InChI=1S/C14H18BrNO3/c15-11-6-13-14(19-5-4-18-13)7-12(11)16-8-10-2-1-3-17-9-10/h6-7,10,16H,1-5,8-9H2. The molecule has 1 fully saturated rings. The Morgan fingerprint density at radius 1 is 1.16 bits per heavy atom. The second-order valence-corrected chi connectivity index (χ2v) is 5.79. The van der Waals surface area contributed by atoms with Crippen molar-refractivity contribution in [1.82, 2.24) is 0 Å². The largest absolute Gasteiger partial charge is 0.486 e. The Kier molecular flexibility index (Phi) is 4.13. The van der Waals surface area contributed by atoms with Crippen molar-refractivity contribution in [3.05, 3.63) is 16.6 Å². The van der Waals surface area contributed by atoms with E-state index >= 15 is 0 Å². The van der Waals surface area contributed by atoms with Crippen LogP contribution in [0.15, 0.2) is 16.6 Å². The number of anilines is 1. The van der Waals surface area contributed by atoms with Crippen molar-refractivity contribution in [3.63, 3.8) is 0 Å². The number of benzene rings is 1. The summed E-state index contributed by atoms with van der Waals surface area (Å²) < 4.78 is 17.7. The monoisotopic (exact) mass is 327 g/mol. The zero-order chi connectivity index (χ0) is 13.1. The van der Waals surface area contributed by atoms with Crippen LogP contribution in [0.1, 0.15) is 12.8 Å². The van der Waals surface area contributed by atoms with Gasteiger partial charge in [0.05, 0.1) is 12.3 Å². The smallest absolute Gasteiger partial charge is 0.163 e. The maximum Gasteiger partial charge on any atom is 0.163 e. The van der Waals surface area contributed by atoms with Gasteiger partial charge in [0.2, 0.25) is 0 Å². The lowest BCUT2D eigenvalue weighted by molar-refractivity contribution is 0.0595. The van der Waals surface area contributed by atoms with Crippen LogP contribution in [0.5, 0.6) is 11.5 Å². The number of ether oxygens (including phenoxy) is 3. The summed E-state index contributed by atoms with van der Waals surface area (Å²) in [5.74, 6) is 2.22. The topological polar surface area (TPSA) is 39.7 Å². The molecule has 0 radical (unpaired) electrons. The van der Waals surface area contributed by atoms with E-state index in [1.54, 1.807) is 0 Å². The van der Waals surface area contributed by atoms with Crippen LogP contribution in [0.25, 0.3) is 0 Å². The second-order valence-electron chi connectivity index (χ2n) is 4.94. The third-order valence-corrected chi connectivity index (χ3v) is 4.12. The molecule has 1 N–H and O–H groups in total. The lowest BCUT2D eigenvalue weighted by Gasteiger charge is -2.24. The summed E-state index contributed by atoms with van der Waals surface area (Å²) in [5.41, 5.74) is 1.05. The first-order valence-electron chi connectivity index (χ1n) is 6.73. The zero-order valence-corrected chi connectivity index (χ0v) is 12.4. The van der Waals surface area contributed by atoms with Crippen molar-refractivity contribution in [1.29, 1.82) is 0 Å². The van der Waals surface area contributed by atoms with E-state index in [2.05, 4.69) is 21.2 Å². The number of hydrogen-bond acceptors (Lipinski definition) is 4. The van der Waals surface area contributed by atoms with Gasteiger partial charge in [-0.25, -0.2) is 0 Å². The fourth-order valence-electron chi connectivity index (χ4n) is 2.42. The lowest BCUT2D eigenvalue weighted by Crippen LogP contribution is -2.24. The van der Waals surface area contributed by atoms with Crippen LogP contribution in [-0.2, 0) is 4.74 Å². The number of fused-ring (bicyclic) bond motifs is 1. The van der Waals surface area contributed by atoms with Gasteiger partial charge in [-0.3, -0.25) is 0 Å².